The third kappa shape index (κ3) is 61.3. The summed E-state index contributed by atoms with van der Waals surface area (Å²) in [4.78, 5) is 24.6. The van der Waals surface area contributed by atoms with E-state index < -0.39 is 12.1 Å². The molecule has 2 atom stereocenters. The van der Waals surface area contributed by atoms with E-state index >= 15 is 0 Å². The van der Waals surface area contributed by atoms with Gasteiger partial charge in [0, 0.05) is 12.8 Å². The molecule has 3 N–H and O–H groups in total. The zero-order chi connectivity index (χ0) is 55.0. The van der Waals surface area contributed by atoms with Crippen molar-refractivity contribution < 1.29 is 24.5 Å². The maximum Gasteiger partial charge on any atom is 0.305 e. The number of hydrogen-bond donors (Lipinski definition) is 3. The smallest absolute Gasteiger partial charge is 0.305 e. The highest BCUT2D eigenvalue weighted by molar-refractivity contribution is 5.76. The van der Waals surface area contributed by atoms with Crippen molar-refractivity contribution in [2.45, 2.75) is 386 Å². The van der Waals surface area contributed by atoms with Crippen LogP contribution in [-0.4, -0.2) is 47.4 Å². The van der Waals surface area contributed by atoms with Gasteiger partial charge in [0.25, 0.3) is 0 Å². The summed E-state index contributed by atoms with van der Waals surface area (Å²) >= 11 is 0. The Morgan fingerprint density at radius 2 is 0.684 bits per heavy atom. The number of aliphatic hydroxyl groups is 2. The van der Waals surface area contributed by atoms with Crippen LogP contribution < -0.4 is 5.32 Å². The molecule has 0 heterocycles. The zero-order valence-electron chi connectivity index (χ0n) is 51.3. The third-order valence-electron chi connectivity index (χ3n) is 15.9. The Morgan fingerprint density at radius 1 is 0.368 bits per heavy atom. The van der Waals surface area contributed by atoms with Crippen LogP contribution in [0.4, 0.5) is 0 Å². The highest BCUT2D eigenvalue weighted by Gasteiger charge is 2.20. The van der Waals surface area contributed by atoms with Gasteiger partial charge in [0.1, 0.15) is 0 Å². The summed E-state index contributed by atoms with van der Waals surface area (Å²) < 4.78 is 5.47. The number of unbranched alkanes of at least 4 members (excludes halogenated alkanes) is 47. The molecule has 2 unspecified atom stereocenters. The fraction of sp³-hybridized carbons (Fsp3) is 0.886. The highest BCUT2D eigenvalue weighted by Crippen LogP contribution is 2.18. The van der Waals surface area contributed by atoms with Crippen LogP contribution >= 0.6 is 0 Å². The van der Waals surface area contributed by atoms with E-state index in [2.05, 4.69) is 55.6 Å². The first-order valence-electron chi connectivity index (χ1n) is 34.2. The molecule has 0 aromatic heterocycles. The van der Waals surface area contributed by atoms with Gasteiger partial charge >= 0.3 is 5.97 Å². The van der Waals surface area contributed by atoms with Gasteiger partial charge < -0.3 is 20.3 Å². The van der Waals surface area contributed by atoms with E-state index in [9.17, 15) is 19.8 Å². The van der Waals surface area contributed by atoms with Crippen molar-refractivity contribution in [1.82, 2.24) is 5.32 Å². The van der Waals surface area contributed by atoms with Crippen LogP contribution in [0.5, 0.6) is 0 Å². The second-order valence-electron chi connectivity index (χ2n) is 23.5. The highest BCUT2D eigenvalue weighted by atomic mass is 16.5. The maximum absolute atomic E-state index is 12.5. The van der Waals surface area contributed by atoms with Crippen LogP contribution in [0, 0.1) is 0 Å². The minimum absolute atomic E-state index is 0.00242. The molecule has 448 valence electrons. The van der Waals surface area contributed by atoms with Gasteiger partial charge in [-0.05, 0) is 77.0 Å². The number of carbonyl (C=O) groups is 2. The van der Waals surface area contributed by atoms with E-state index in [0.717, 1.165) is 51.4 Å². The number of ether oxygens (including phenoxy) is 1. The predicted octanol–water partition coefficient (Wildman–Crippen LogP) is 21.9. The molecule has 0 bridgehead atoms. The Morgan fingerprint density at radius 3 is 1.07 bits per heavy atom. The lowest BCUT2D eigenvalue weighted by atomic mass is 10.0. The molecule has 0 aliphatic rings. The molecule has 0 radical (unpaired) electrons. The maximum atomic E-state index is 12.5. The Balaban J connectivity index is 3.41. The number of allylic oxidation sites excluding steroid dienone is 6. The minimum Gasteiger partial charge on any atom is -0.466 e. The van der Waals surface area contributed by atoms with Crippen LogP contribution in [0.15, 0.2) is 36.5 Å². The number of carbonyl (C=O) groups excluding carboxylic acids is 2. The van der Waals surface area contributed by atoms with Crippen LogP contribution in [0.25, 0.3) is 0 Å². The number of aliphatic hydroxyl groups excluding tert-OH is 2. The van der Waals surface area contributed by atoms with Gasteiger partial charge in [-0.25, -0.2) is 0 Å². The van der Waals surface area contributed by atoms with Gasteiger partial charge in [0.05, 0.1) is 25.4 Å². The van der Waals surface area contributed by atoms with Crippen LogP contribution in [0.3, 0.4) is 0 Å². The SMILES string of the molecule is CCC/C=C\C/C=C\CCCCCCCC(=O)OCCCCCCCCCCCCCC/C=C\CCCCCCCCCCC(=O)NC(CO)C(O)CCCCCCCCCCCCCCCCCCCCCCCC. The van der Waals surface area contributed by atoms with E-state index in [0.29, 0.717) is 25.9 Å². The molecule has 0 aliphatic heterocycles. The van der Waals surface area contributed by atoms with E-state index in [1.165, 1.54) is 289 Å². The average molecular weight is 1070 g/mol. The van der Waals surface area contributed by atoms with Crippen molar-refractivity contribution in [2.24, 2.45) is 0 Å². The van der Waals surface area contributed by atoms with Crippen molar-refractivity contribution in [3.8, 4) is 0 Å². The predicted molar refractivity (Wildman–Crippen MR) is 333 cm³/mol. The van der Waals surface area contributed by atoms with Gasteiger partial charge in [0.2, 0.25) is 5.91 Å². The van der Waals surface area contributed by atoms with Crippen molar-refractivity contribution in [3.05, 3.63) is 36.5 Å². The van der Waals surface area contributed by atoms with E-state index in [4.69, 9.17) is 4.74 Å². The molecule has 0 saturated heterocycles. The first-order chi connectivity index (χ1) is 37.5. The molecule has 0 spiro atoms. The van der Waals surface area contributed by atoms with Crippen LogP contribution in [0.2, 0.25) is 0 Å². The third-order valence-corrected chi connectivity index (χ3v) is 15.9. The second kappa shape index (κ2) is 65.6. The number of amides is 1. The second-order valence-corrected chi connectivity index (χ2v) is 23.5. The monoisotopic (exact) mass is 1070 g/mol. The summed E-state index contributed by atoms with van der Waals surface area (Å²) in [6, 6.07) is -0.546. The molecule has 0 rings (SSSR count). The Hall–Kier alpha value is -1.92. The summed E-state index contributed by atoms with van der Waals surface area (Å²) in [6.07, 6.45) is 83.2. The molecule has 0 fully saturated rings. The summed E-state index contributed by atoms with van der Waals surface area (Å²) in [5.74, 6) is -0.0383. The fourth-order valence-corrected chi connectivity index (χ4v) is 10.7. The Labute approximate surface area is 474 Å². The van der Waals surface area contributed by atoms with E-state index in [1.807, 2.05) is 0 Å². The molecule has 6 nitrogen and oxygen atoms in total. The number of esters is 1. The molecule has 1 amide bonds. The summed E-state index contributed by atoms with van der Waals surface area (Å²) in [5.41, 5.74) is 0. The first kappa shape index (κ1) is 74.1. The number of nitrogens with one attached hydrogen (secondary N) is 1. The zero-order valence-corrected chi connectivity index (χ0v) is 51.3. The van der Waals surface area contributed by atoms with Gasteiger partial charge in [0.15, 0.2) is 0 Å². The first-order valence-corrected chi connectivity index (χ1v) is 34.2. The van der Waals surface area contributed by atoms with Crippen molar-refractivity contribution in [3.63, 3.8) is 0 Å². The largest absolute Gasteiger partial charge is 0.466 e. The molecule has 0 aromatic carbocycles. The fourth-order valence-electron chi connectivity index (χ4n) is 10.7. The molecular formula is C70H133NO5. The molecule has 0 aliphatic carbocycles. The normalized spacial score (nSPS) is 12.7. The quantitative estimate of drug-likeness (QED) is 0.0320. The van der Waals surface area contributed by atoms with Gasteiger partial charge in [-0.3, -0.25) is 9.59 Å². The summed E-state index contributed by atoms with van der Waals surface area (Å²) in [7, 11) is 0. The van der Waals surface area contributed by atoms with E-state index in [-0.39, 0.29) is 18.5 Å². The minimum atomic E-state index is -0.669. The van der Waals surface area contributed by atoms with Crippen molar-refractivity contribution >= 4 is 11.9 Å². The van der Waals surface area contributed by atoms with E-state index in [1.54, 1.807) is 0 Å². The lowest BCUT2D eigenvalue weighted by Gasteiger charge is -2.22. The van der Waals surface area contributed by atoms with Crippen LogP contribution in [0.1, 0.15) is 373 Å². The Bertz CT molecular complexity index is 1230. The molecule has 0 aromatic rings. The van der Waals surface area contributed by atoms with Gasteiger partial charge in [-0.1, -0.05) is 320 Å². The molecular weight excluding hydrogens is 935 g/mol. The van der Waals surface area contributed by atoms with Crippen molar-refractivity contribution in [2.75, 3.05) is 13.2 Å². The van der Waals surface area contributed by atoms with Crippen LogP contribution in [-0.2, 0) is 14.3 Å². The number of rotatable bonds is 64. The average Bonchev–Trinajstić information content (AvgIpc) is 3.42. The number of hydrogen-bond acceptors (Lipinski definition) is 5. The lowest BCUT2D eigenvalue weighted by Crippen LogP contribution is -2.45. The Kier molecular flexibility index (Phi) is 63.9. The van der Waals surface area contributed by atoms with Crippen molar-refractivity contribution in [1.29, 1.82) is 0 Å². The molecule has 76 heavy (non-hydrogen) atoms. The topological polar surface area (TPSA) is 95.9 Å². The summed E-state index contributed by atoms with van der Waals surface area (Å²) in [6.45, 7) is 4.91. The lowest BCUT2D eigenvalue weighted by molar-refractivity contribution is -0.143. The van der Waals surface area contributed by atoms with Gasteiger partial charge in [-0.15, -0.1) is 0 Å². The summed E-state index contributed by atoms with van der Waals surface area (Å²) in [5, 5.41) is 23.4. The standard InChI is InChI=1S/C70H133NO5/c1-3-5-7-9-11-13-15-17-18-19-20-21-26-29-32-35-39-42-46-50-54-58-62-68(73)67(66-72)71-69(74)63-59-55-51-47-43-40-36-33-30-27-24-22-23-25-28-31-34-37-41-45-49-53-57-61-65-76-70(75)64-60-56-52-48-44-38-16-14-12-10-8-6-4-2/h8,10,14,16,24,27,67-68,72-73H,3-7,9,11-13,15,17-23,25-26,28-66H2,1-2H3,(H,71,74)/b10-8-,16-14-,27-24-. The molecule has 0 saturated carbocycles. The molecule has 6 heteroatoms. The van der Waals surface area contributed by atoms with Gasteiger partial charge in [-0.2, -0.15) is 0 Å².